The van der Waals surface area contributed by atoms with Crippen molar-refractivity contribution in [1.29, 1.82) is 5.26 Å². The minimum absolute atomic E-state index is 0.716. The minimum atomic E-state index is 0.716. The number of hydrogen-bond donors (Lipinski definition) is 1. The highest BCUT2D eigenvalue weighted by molar-refractivity contribution is 5.80. The Labute approximate surface area is 193 Å². The Morgan fingerprint density at radius 1 is 0.844 bits per heavy atom. The molecule has 164 valence electrons. The second-order valence-corrected chi connectivity index (χ2v) is 8.45. The first-order valence-electron chi connectivity index (χ1n) is 11.7. The lowest BCUT2D eigenvalue weighted by molar-refractivity contribution is 0.597. The Morgan fingerprint density at radius 3 is 2.38 bits per heavy atom. The maximum absolute atomic E-state index is 9.85. The molecule has 0 bridgehead atoms. The lowest BCUT2D eigenvalue weighted by Gasteiger charge is -2.12. The van der Waals surface area contributed by atoms with Gasteiger partial charge in [-0.25, -0.2) is 0 Å². The van der Waals surface area contributed by atoms with Crippen molar-refractivity contribution in [2.45, 2.75) is 53.0 Å². The van der Waals surface area contributed by atoms with Crippen LogP contribution in [0.5, 0.6) is 0 Å². The smallest absolute Gasteiger partial charge is 0.100 e. The monoisotopic (exact) mass is 422 g/mol. The van der Waals surface area contributed by atoms with Crippen molar-refractivity contribution in [3.63, 3.8) is 0 Å². The Balaban J connectivity index is 1.76. The summed E-state index contributed by atoms with van der Waals surface area (Å²) in [6.07, 6.45) is 9.35. The zero-order valence-corrected chi connectivity index (χ0v) is 19.6. The molecule has 0 aliphatic carbocycles. The third-order valence-electron chi connectivity index (χ3n) is 5.98. The Morgan fingerprint density at radius 2 is 1.62 bits per heavy atom. The first-order valence-corrected chi connectivity index (χ1v) is 11.7. The van der Waals surface area contributed by atoms with Crippen molar-refractivity contribution in [2.75, 3.05) is 6.54 Å². The first kappa shape index (κ1) is 23.5. The average molecular weight is 423 g/mol. The highest BCUT2D eigenvalue weighted by Crippen LogP contribution is 2.27. The molecule has 0 spiro atoms. The van der Waals surface area contributed by atoms with Gasteiger partial charge in [0.15, 0.2) is 0 Å². The molecule has 0 fully saturated rings. The van der Waals surface area contributed by atoms with Gasteiger partial charge in [0.25, 0.3) is 0 Å². The molecule has 0 aliphatic heterocycles. The van der Waals surface area contributed by atoms with Crippen LogP contribution >= 0.6 is 0 Å². The quantitative estimate of drug-likeness (QED) is 0.268. The molecule has 0 radical (unpaired) electrons. The number of nitrogens with one attached hydrogen (secondary N) is 1. The van der Waals surface area contributed by atoms with Crippen molar-refractivity contribution in [2.24, 2.45) is 0 Å². The first-order chi connectivity index (χ1) is 15.6. The molecular formula is C30H34N2. The molecule has 2 nitrogen and oxygen atoms in total. The van der Waals surface area contributed by atoms with Crippen molar-refractivity contribution in [1.82, 2.24) is 5.32 Å². The SMILES string of the molecule is CCCCCCNCc1cc(C)c(/C=C/c2cccc(-c3ccccc3)c2C#N)cc1C. The predicted molar refractivity (Wildman–Crippen MR) is 137 cm³/mol. The summed E-state index contributed by atoms with van der Waals surface area (Å²) in [5.41, 5.74) is 8.82. The van der Waals surface area contributed by atoms with E-state index in [4.69, 9.17) is 0 Å². The fourth-order valence-electron chi connectivity index (χ4n) is 4.04. The van der Waals surface area contributed by atoms with E-state index in [1.807, 2.05) is 48.5 Å². The summed E-state index contributed by atoms with van der Waals surface area (Å²) in [6.45, 7) is 8.59. The number of aryl methyl sites for hydroxylation is 2. The van der Waals surface area contributed by atoms with Crippen LogP contribution in [0.1, 0.15) is 66.0 Å². The molecule has 0 saturated heterocycles. The summed E-state index contributed by atoms with van der Waals surface area (Å²) in [6, 6.07) is 23.1. The van der Waals surface area contributed by atoms with Crippen molar-refractivity contribution in [3.8, 4) is 17.2 Å². The van der Waals surface area contributed by atoms with Crippen LogP contribution in [0, 0.1) is 25.2 Å². The van der Waals surface area contributed by atoms with E-state index in [0.717, 1.165) is 29.8 Å². The van der Waals surface area contributed by atoms with Crippen LogP contribution in [0.15, 0.2) is 60.7 Å². The van der Waals surface area contributed by atoms with E-state index in [2.05, 4.69) is 56.4 Å². The van der Waals surface area contributed by atoms with Crippen molar-refractivity contribution < 1.29 is 0 Å². The standard InChI is InChI=1S/C30H34N2/c1-4-5-6-10-18-32-22-28-20-23(2)27(19-24(28)3)17-16-26-14-11-15-29(30(26)21-31)25-12-8-7-9-13-25/h7-9,11-17,19-20,32H,4-6,10,18,22H2,1-3H3/b17-16+. The molecule has 3 aromatic rings. The summed E-state index contributed by atoms with van der Waals surface area (Å²) < 4.78 is 0. The van der Waals surface area contributed by atoms with Gasteiger partial charge in [-0.15, -0.1) is 0 Å². The van der Waals surface area contributed by atoms with E-state index in [0.29, 0.717) is 5.56 Å². The molecule has 0 aromatic heterocycles. The van der Waals surface area contributed by atoms with Crippen LogP contribution < -0.4 is 5.32 Å². The number of nitrogens with zero attached hydrogens (tertiary/aromatic N) is 1. The van der Waals surface area contributed by atoms with Crippen molar-refractivity contribution >= 4 is 12.2 Å². The van der Waals surface area contributed by atoms with Gasteiger partial charge < -0.3 is 5.32 Å². The number of rotatable bonds is 10. The summed E-state index contributed by atoms with van der Waals surface area (Å²) in [7, 11) is 0. The van der Waals surface area contributed by atoms with Crippen molar-refractivity contribution in [3.05, 3.63) is 94.0 Å². The highest BCUT2D eigenvalue weighted by Gasteiger charge is 2.08. The van der Waals surface area contributed by atoms with Gasteiger partial charge >= 0.3 is 0 Å². The Kier molecular flexibility index (Phi) is 8.84. The molecule has 3 aromatic carbocycles. The third-order valence-corrected chi connectivity index (χ3v) is 5.98. The van der Waals surface area contributed by atoms with Crippen LogP contribution in [0.4, 0.5) is 0 Å². The lowest BCUT2D eigenvalue weighted by Crippen LogP contribution is -2.15. The zero-order valence-electron chi connectivity index (χ0n) is 19.6. The van der Waals surface area contributed by atoms with E-state index < -0.39 is 0 Å². The molecule has 2 heteroatoms. The minimum Gasteiger partial charge on any atom is -0.313 e. The van der Waals surface area contributed by atoms with Gasteiger partial charge in [-0.05, 0) is 60.2 Å². The van der Waals surface area contributed by atoms with Gasteiger partial charge in [0.05, 0.1) is 5.56 Å². The lowest BCUT2D eigenvalue weighted by atomic mass is 9.94. The van der Waals surface area contributed by atoms with Crippen LogP contribution in [0.25, 0.3) is 23.3 Å². The number of unbranched alkanes of at least 4 members (excludes halogenated alkanes) is 3. The molecule has 3 rings (SSSR count). The number of benzene rings is 3. The van der Waals surface area contributed by atoms with Gasteiger partial charge in [0.1, 0.15) is 6.07 Å². The molecule has 0 heterocycles. The second-order valence-electron chi connectivity index (χ2n) is 8.45. The van der Waals surface area contributed by atoms with Gasteiger partial charge in [0, 0.05) is 12.1 Å². The van der Waals surface area contributed by atoms with Crippen LogP contribution in [-0.4, -0.2) is 6.54 Å². The van der Waals surface area contributed by atoms with E-state index in [1.54, 1.807) is 0 Å². The average Bonchev–Trinajstić information content (AvgIpc) is 2.82. The zero-order chi connectivity index (χ0) is 22.8. The van der Waals surface area contributed by atoms with Gasteiger partial charge in [-0.2, -0.15) is 5.26 Å². The van der Waals surface area contributed by atoms with Crippen LogP contribution in [0.3, 0.4) is 0 Å². The Hall–Kier alpha value is -3.15. The van der Waals surface area contributed by atoms with E-state index in [1.165, 1.54) is 47.9 Å². The molecular weight excluding hydrogens is 388 g/mol. The highest BCUT2D eigenvalue weighted by atomic mass is 14.8. The fourth-order valence-corrected chi connectivity index (χ4v) is 4.04. The van der Waals surface area contributed by atoms with Gasteiger partial charge in [-0.3, -0.25) is 0 Å². The molecule has 32 heavy (non-hydrogen) atoms. The van der Waals surface area contributed by atoms with Crippen LogP contribution in [-0.2, 0) is 6.54 Å². The molecule has 0 unspecified atom stereocenters. The van der Waals surface area contributed by atoms with E-state index in [-0.39, 0.29) is 0 Å². The maximum Gasteiger partial charge on any atom is 0.100 e. The van der Waals surface area contributed by atoms with E-state index in [9.17, 15) is 5.26 Å². The van der Waals surface area contributed by atoms with Gasteiger partial charge in [0.2, 0.25) is 0 Å². The maximum atomic E-state index is 9.85. The number of nitriles is 1. The second kappa shape index (κ2) is 12.0. The van der Waals surface area contributed by atoms with Crippen LogP contribution in [0.2, 0.25) is 0 Å². The molecule has 0 amide bonds. The molecule has 0 saturated carbocycles. The third kappa shape index (κ3) is 6.19. The Bertz CT molecular complexity index is 1090. The number of hydrogen-bond acceptors (Lipinski definition) is 2. The molecule has 0 aliphatic rings. The summed E-state index contributed by atoms with van der Waals surface area (Å²) >= 11 is 0. The summed E-state index contributed by atoms with van der Waals surface area (Å²) in [5, 5.41) is 13.4. The fraction of sp³-hybridized carbons (Fsp3) is 0.300. The summed E-state index contributed by atoms with van der Waals surface area (Å²) in [5.74, 6) is 0. The van der Waals surface area contributed by atoms with Gasteiger partial charge in [-0.1, -0.05) is 99.0 Å². The predicted octanol–water partition coefficient (Wildman–Crippen LogP) is 7.68. The van der Waals surface area contributed by atoms with E-state index >= 15 is 0 Å². The largest absolute Gasteiger partial charge is 0.313 e. The topological polar surface area (TPSA) is 35.8 Å². The molecule has 1 N–H and O–H groups in total. The molecule has 0 atom stereocenters. The summed E-state index contributed by atoms with van der Waals surface area (Å²) in [4.78, 5) is 0. The normalized spacial score (nSPS) is 11.1.